The van der Waals surface area contributed by atoms with Crippen molar-refractivity contribution >= 4 is 5.82 Å². The quantitative estimate of drug-likeness (QED) is 0.797. The molecule has 2 aromatic rings. The van der Waals surface area contributed by atoms with Crippen LogP contribution in [0.3, 0.4) is 0 Å². The normalized spacial score (nSPS) is 10.3. The molecule has 0 saturated carbocycles. The predicted octanol–water partition coefficient (Wildman–Crippen LogP) is 0.704. The fraction of sp³-hybridized carbons (Fsp3) is 0.333. The molecule has 0 radical (unpaired) electrons. The van der Waals surface area contributed by atoms with E-state index in [-0.39, 0.29) is 0 Å². The van der Waals surface area contributed by atoms with Gasteiger partial charge in [-0.15, -0.1) is 5.10 Å². The first-order valence-electron chi connectivity index (χ1n) is 4.73. The molecule has 0 spiro atoms. The molecule has 0 aliphatic rings. The first kappa shape index (κ1) is 9.57. The summed E-state index contributed by atoms with van der Waals surface area (Å²) in [6.07, 6.45) is 4.99. The lowest BCUT2D eigenvalue weighted by Gasteiger charge is -2.07. The number of nitrogens with zero attached hydrogens (tertiary/aromatic N) is 5. The molecule has 1 N–H and O–H groups in total. The Morgan fingerprint density at radius 2 is 2.13 bits per heavy atom. The summed E-state index contributed by atoms with van der Waals surface area (Å²) < 4.78 is 1.67. The minimum atomic E-state index is 0.755. The van der Waals surface area contributed by atoms with Gasteiger partial charge in [-0.3, -0.25) is 0 Å². The van der Waals surface area contributed by atoms with Crippen LogP contribution < -0.4 is 5.32 Å². The molecule has 0 atom stereocenters. The van der Waals surface area contributed by atoms with Crippen molar-refractivity contribution in [3.8, 4) is 11.4 Å². The zero-order valence-corrected chi connectivity index (χ0v) is 8.68. The van der Waals surface area contributed by atoms with Gasteiger partial charge in [0.05, 0.1) is 6.20 Å². The monoisotopic (exact) mass is 204 g/mol. The zero-order valence-electron chi connectivity index (χ0n) is 8.68. The third-order valence-corrected chi connectivity index (χ3v) is 2.00. The van der Waals surface area contributed by atoms with E-state index >= 15 is 0 Å². The number of aromatic nitrogens is 5. The third kappa shape index (κ3) is 1.78. The molecular formula is C9H12N6. The van der Waals surface area contributed by atoms with Crippen LogP contribution in [0.5, 0.6) is 0 Å². The molecule has 0 amide bonds. The van der Waals surface area contributed by atoms with E-state index in [4.69, 9.17) is 0 Å². The highest BCUT2D eigenvalue weighted by atomic mass is 15.4. The van der Waals surface area contributed by atoms with Crippen molar-refractivity contribution in [1.82, 2.24) is 25.0 Å². The zero-order chi connectivity index (χ0) is 10.7. The van der Waals surface area contributed by atoms with E-state index in [9.17, 15) is 0 Å². The first-order chi connectivity index (χ1) is 7.33. The van der Waals surface area contributed by atoms with Crippen molar-refractivity contribution in [3.05, 3.63) is 18.6 Å². The number of hydrogen-bond acceptors (Lipinski definition) is 5. The van der Waals surface area contributed by atoms with E-state index in [2.05, 4.69) is 25.6 Å². The molecule has 15 heavy (non-hydrogen) atoms. The second-order valence-corrected chi connectivity index (χ2v) is 3.03. The summed E-state index contributed by atoms with van der Waals surface area (Å²) in [6, 6.07) is 0. The van der Waals surface area contributed by atoms with Crippen LogP contribution in [0.2, 0.25) is 0 Å². The van der Waals surface area contributed by atoms with Crippen molar-refractivity contribution < 1.29 is 0 Å². The molecule has 78 valence electrons. The Kier molecular flexibility index (Phi) is 2.57. The van der Waals surface area contributed by atoms with Gasteiger partial charge >= 0.3 is 0 Å². The second kappa shape index (κ2) is 4.04. The molecule has 2 heterocycles. The maximum Gasteiger partial charge on any atom is 0.154 e. The molecule has 0 aliphatic carbocycles. The van der Waals surface area contributed by atoms with Gasteiger partial charge in [-0.2, -0.15) is 0 Å². The fourth-order valence-corrected chi connectivity index (χ4v) is 1.33. The summed E-state index contributed by atoms with van der Waals surface area (Å²) in [5.41, 5.74) is 1.62. The van der Waals surface area contributed by atoms with Crippen LogP contribution in [0.4, 0.5) is 5.82 Å². The lowest BCUT2D eigenvalue weighted by Crippen LogP contribution is -2.04. The van der Waals surface area contributed by atoms with Crippen LogP contribution in [0.25, 0.3) is 11.4 Å². The second-order valence-electron chi connectivity index (χ2n) is 3.03. The Hall–Kier alpha value is -1.98. The summed E-state index contributed by atoms with van der Waals surface area (Å²) >= 11 is 0. The Labute approximate surface area is 87.4 Å². The van der Waals surface area contributed by atoms with Crippen LogP contribution in [-0.4, -0.2) is 31.5 Å². The largest absolute Gasteiger partial charge is 0.368 e. The SMILES string of the molecule is CCNc1nccnc1-c1cnnn1C. The standard InChI is InChI=1S/C9H12N6/c1-3-10-9-8(11-4-5-12-9)7-6-13-14-15(7)2/h4-6H,3H2,1-2H3,(H,10,12). The van der Waals surface area contributed by atoms with E-state index in [0.717, 1.165) is 23.8 Å². The number of aryl methyl sites for hydroxylation is 1. The summed E-state index contributed by atoms with van der Waals surface area (Å²) in [7, 11) is 1.83. The van der Waals surface area contributed by atoms with Gasteiger partial charge in [0.1, 0.15) is 11.4 Å². The van der Waals surface area contributed by atoms with E-state index in [1.807, 2.05) is 14.0 Å². The molecule has 0 aromatic carbocycles. The van der Waals surface area contributed by atoms with Crippen molar-refractivity contribution in [2.45, 2.75) is 6.92 Å². The van der Waals surface area contributed by atoms with E-state index < -0.39 is 0 Å². The van der Waals surface area contributed by atoms with Crippen molar-refractivity contribution in [2.75, 3.05) is 11.9 Å². The third-order valence-electron chi connectivity index (χ3n) is 2.00. The highest BCUT2D eigenvalue weighted by Gasteiger charge is 2.10. The van der Waals surface area contributed by atoms with Crippen molar-refractivity contribution in [3.63, 3.8) is 0 Å². The number of rotatable bonds is 3. The fourth-order valence-electron chi connectivity index (χ4n) is 1.33. The minimum absolute atomic E-state index is 0.755. The number of nitrogens with one attached hydrogen (secondary N) is 1. The van der Waals surface area contributed by atoms with Crippen LogP contribution in [0, 0.1) is 0 Å². The molecule has 2 rings (SSSR count). The van der Waals surface area contributed by atoms with E-state index in [1.54, 1.807) is 23.3 Å². The Balaban J connectivity index is 2.48. The lowest BCUT2D eigenvalue weighted by molar-refractivity contribution is 0.719. The molecule has 0 unspecified atom stereocenters. The molecule has 0 aliphatic heterocycles. The molecule has 0 saturated heterocycles. The highest BCUT2D eigenvalue weighted by Crippen LogP contribution is 2.21. The Morgan fingerprint density at radius 3 is 2.80 bits per heavy atom. The summed E-state index contributed by atoms with van der Waals surface area (Å²) in [5.74, 6) is 0.755. The topological polar surface area (TPSA) is 68.5 Å². The van der Waals surface area contributed by atoms with E-state index in [0.29, 0.717) is 0 Å². The van der Waals surface area contributed by atoms with Gasteiger partial charge < -0.3 is 5.32 Å². The first-order valence-corrected chi connectivity index (χ1v) is 4.73. The van der Waals surface area contributed by atoms with Gasteiger partial charge in [0, 0.05) is 26.0 Å². The average Bonchev–Trinajstić information content (AvgIpc) is 2.66. The molecule has 0 fully saturated rings. The number of anilines is 1. The van der Waals surface area contributed by atoms with Crippen LogP contribution in [0.15, 0.2) is 18.6 Å². The number of hydrogen-bond donors (Lipinski definition) is 1. The van der Waals surface area contributed by atoms with Gasteiger partial charge in [-0.25, -0.2) is 14.6 Å². The maximum absolute atomic E-state index is 4.27. The van der Waals surface area contributed by atoms with Gasteiger partial charge in [-0.05, 0) is 6.92 Å². The molecule has 6 nitrogen and oxygen atoms in total. The Bertz CT molecular complexity index is 449. The molecule has 6 heteroatoms. The summed E-state index contributed by atoms with van der Waals surface area (Å²) in [4.78, 5) is 8.50. The molecular weight excluding hydrogens is 192 g/mol. The average molecular weight is 204 g/mol. The molecule has 2 aromatic heterocycles. The maximum atomic E-state index is 4.27. The van der Waals surface area contributed by atoms with Crippen molar-refractivity contribution in [2.24, 2.45) is 7.05 Å². The highest BCUT2D eigenvalue weighted by molar-refractivity contribution is 5.67. The van der Waals surface area contributed by atoms with Crippen LogP contribution in [0.1, 0.15) is 6.92 Å². The minimum Gasteiger partial charge on any atom is -0.368 e. The van der Waals surface area contributed by atoms with Crippen LogP contribution >= 0.6 is 0 Å². The summed E-state index contributed by atoms with van der Waals surface area (Å²) in [5, 5.41) is 10.8. The van der Waals surface area contributed by atoms with Gasteiger partial charge in [-0.1, -0.05) is 5.21 Å². The molecule has 0 bridgehead atoms. The van der Waals surface area contributed by atoms with E-state index in [1.165, 1.54) is 0 Å². The van der Waals surface area contributed by atoms with Gasteiger partial charge in [0.25, 0.3) is 0 Å². The van der Waals surface area contributed by atoms with Gasteiger partial charge in [0.15, 0.2) is 5.82 Å². The Morgan fingerprint density at radius 1 is 1.33 bits per heavy atom. The van der Waals surface area contributed by atoms with Gasteiger partial charge in [0.2, 0.25) is 0 Å². The van der Waals surface area contributed by atoms with Crippen LogP contribution in [-0.2, 0) is 7.05 Å². The predicted molar refractivity (Wildman–Crippen MR) is 56.2 cm³/mol. The lowest BCUT2D eigenvalue weighted by atomic mass is 10.3. The smallest absolute Gasteiger partial charge is 0.154 e. The van der Waals surface area contributed by atoms with Crippen molar-refractivity contribution in [1.29, 1.82) is 0 Å². The summed E-state index contributed by atoms with van der Waals surface area (Å²) in [6.45, 7) is 2.82.